The Bertz CT molecular complexity index is 1310. The molecule has 0 radical (unpaired) electrons. The molecule has 0 atom stereocenters. The molecule has 5 rings (SSSR count). The number of aromatic hydroxyl groups is 1. The van der Waals surface area contributed by atoms with Gasteiger partial charge in [-0.2, -0.15) is 0 Å². The van der Waals surface area contributed by atoms with Crippen LogP contribution < -0.4 is 5.32 Å². The lowest BCUT2D eigenvalue weighted by atomic mass is 9.79. The number of nitrogens with one attached hydrogen (secondary N) is 1. The van der Waals surface area contributed by atoms with Crippen molar-refractivity contribution in [2.45, 2.75) is 31.7 Å². The fourth-order valence-corrected chi connectivity index (χ4v) is 4.06. The van der Waals surface area contributed by atoms with Gasteiger partial charge in [0, 0.05) is 23.7 Å². The molecule has 0 bridgehead atoms. The van der Waals surface area contributed by atoms with Crippen molar-refractivity contribution in [1.82, 2.24) is 25.1 Å². The molecule has 1 aliphatic rings. The zero-order valence-corrected chi connectivity index (χ0v) is 17.9. The number of nitrogens with zero attached hydrogens (tertiary/aromatic N) is 4. The maximum Gasteiger partial charge on any atom is 0.251 e. The molecule has 1 fully saturated rings. The molecule has 1 saturated carbocycles. The van der Waals surface area contributed by atoms with E-state index in [9.17, 15) is 14.3 Å². The van der Waals surface area contributed by atoms with Crippen LogP contribution in [0.5, 0.6) is 5.75 Å². The monoisotopic (exact) mass is 443 g/mol. The third-order valence-corrected chi connectivity index (χ3v) is 5.87. The van der Waals surface area contributed by atoms with Crippen LogP contribution >= 0.6 is 0 Å². The maximum atomic E-state index is 14.8. The van der Waals surface area contributed by atoms with Crippen LogP contribution in [0, 0.1) is 12.7 Å². The van der Waals surface area contributed by atoms with Crippen molar-refractivity contribution in [3.05, 3.63) is 89.6 Å². The minimum Gasteiger partial charge on any atom is -0.508 e. The molecule has 33 heavy (non-hydrogen) atoms. The van der Waals surface area contributed by atoms with Crippen LogP contribution in [0.25, 0.3) is 17.2 Å². The smallest absolute Gasteiger partial charge is 0.251 e. The topological polar surface area (TPSA) is 92.9 Å². The van der Waals surface area contributed by atoms with Gasteiger partial charge in [-0.3, -0.25) is 14.3 Å². The van der Waals surface area contributed by atoms with Crippen molar-refractivity contribution in [2.24, 2.45) is 0 Å². The highest BCUT2D eigenvalue weighted by Crippen LogP contribution is 2.39. The molecule has 2 heterocycles. The molecule has 0 aliphatic heterocycles. The standard InChI is InChI=1S/C25H22FN5O2/c1-15-9-10-21(27-14-15)24-30-29-23(31(24)22-8-3-2-7-20(22)26)17-11-18(12-17)28-25(33)16-5-4-6-19(32)13-16/h2-10,13-14,17-18,32H,11-12H2,1H3,(H,28,33)/t17-,18-. The van der Waals surface area contributed by atoms with Crippen LogP contribution in [0.3, 0.4) is 0 Å². The molecule has 1 amide bonds. The first-order valence-electron chi connectivity index (χ1n) is 10.7. The van der Waals surface area contributed by atoms with E-state index in [4.69, 9.17) is 0 Å². The zero-order valence-electron chi connectivity index (χ0n) is 17.9. The van der Waals surface area contributed by atoms with Gasteiger partial charge in [0.05, 0.1) is 5.69 Å². The van der Waals surface area contributed by atoms with Gasteiger partial charge in [-0.25, -0.2) is 4.39 Å². The number of hydrogen-bond donors (Lipinski definition) is 2. The van der Waals surface area contributed by atoms with E-state index in [2.05, 4.69) is 20.5 Å². The summed E-state index contributed by atoms with van der Waals surface area (Å²) in [5, 5.41) is 21.3. The van der Waals surface area contributed by atoms with Crippen molar-refractivity contribution in [3.8, 4) is 23.0 Å². The quantitative estimate of drug-likeness (QED) is 0.483. The van der Waals surface area contributed by atoms with Crippen LogP contribution in [0.15, 0.2) is 66.9 Å². The third-order valence-electron chi connectivity index (χ3n) is 5.87. The lowest BCUT2D eigenvalue weighted by molar-refractivity contribution is 0.0906. The van der Waals surface area contributed by atoms with Crippen LogP contribution in [0.4, 0.5) is 4.39 Å². The lowest BCUT2D eigenvalue weighted by Gasteiger charge is -2.35. The van der Waals surface area contributed by atoms with E-state index in [1.807, 2.05) is 19.1 Å². The molecular weight excluding hydrogens is 421 g/mol. The van der Waals surface area contributed by atoms with Gasteiger partial charge in [0.1, 0.15) is 23.1 Å². The number of carbonyl (C=O) groups excluding carboxylic acids is 1. The van der Waals surface area contributed by atoms with Gasteiger partial charge < -0.3 is 10.4 Å². The molecule has 4 aromatic rings. The molecule has 8 heteroatoms. The average Bonchev–Trinajstić information content (AvgIpc) is 3.21. The Hall–Kier alpha value is -4.07. The predicted molar refractivity (Wildman–Crippen MR) is 121 cm³/mol. The van der Waals surface area contributed by atoms with Gasteiger partial charge in [-0.15, -0.1) is 10.2 Å². The largest absolute Gasteiger partial charge is 0.508 e. The lowest BCUT2D eigenvalue weighted by Crippen LogP contribution is -2.44. The molecule has 0 unspecified atom stereocenters. The molecule has 1 aliphatic carbocycles. The Balaban J connectivity index is 1.41. The van der Waals surface area contributed by atoms with Crippen LogP contribution in [0.2, 0.25) is 0 Å². The summed E-state index contributed by atoms with van der Waals surface area (Å²) in [6.07, 6.45) is 3.04. The number of para-hydroxylation sites is 1. The second kappa shape index (κ2) is 8.46. The fraction of sp³-hybridized carbons (Fsp3) is 0.200. The van der Waals surface area contributed by atoms with Crippen LogP contribution in [-0.2, 0) is 0 Å². The van der Waals surface area contributed by atoms with E-state index in [-0.39, 0.29) is 29.4 Å². The number of hydrogen-bond acceptors (Lipinski definition) is 5. The maximum absolute atomic E-state index is 14.8. The Kier molecular flexibility index (Phi) is 5.34. The SMILES string of the molecule is Cc1ccc(-c2nnc([C@H]3C[C@H](NC(=O)c4cccc(O)c4)C3)n2-c2ccccc2F)nc1. The predicted octanol–water partition coefficient (Wildman–Crippen LogP) is 4.16. The van der Waals surface area contributed by atoms with E-state index in [0.29, 0.717) is 41.4 Å². The van der Waals surface area contributed by atoms with Gasteiger partial charge >= 0.3 is 0 Å². The minimum absolute atomic E-state index is 0.00535. The van der Waals surface area contributed by atoms with Crippen molar-refractivity contribution >= 4 is 5.91 Å². The van der Waals surface area contributed by atoms with Crippen molar-refractivity contribution in [1.29, 1.82) is 0 Å². The number of phenols is 1. The van der Waals surface area contributed by atoms with E-state index < -0.39 is 0 Å². The Morgan fingerprint density at radius 3 is 2.64 bits per heavy atom. The highest BCUT2D eigenvalue weighted by molar-refractivity contribution is 5.94. The summed E-state index contributed by atoms with van der Waals surface area (Å²) in [6.45, 7) is 1.95. The molecule has 2 N–H and O–H groups in total. The van der Waals surface area contributed by atoms with E-state index in [1.165, 1.54) is 18.2 Å². The average molecular weight is 443 g/mol. The number of aromatic nitrogens is 4. The molecule has 7 nitrogen and oxygen atoms in total. The molecule has 0 spiro atoms. The van der Waals surface area contributed by atoms with Crippen molar-refractivity contribution < 1.29 is 14.3 Å². The zero-order chi connectivity index (χ0) is 22.9. The number of halogens is 1. The molecule has 166 valence electrons. The third kappa shape index (κ3) is 4.07. The van der Waals surface area contributed by atoms with Gasteiger partial charge in [-0.05, 0) is 61.7 Å². The van der Waals surface area contributed by atoms with E-state index in [0.717, 1.165) is 5.56 Å². The molecular formula is C25H22FN5O2. The number of aryl methyl sites for hydroxylation is 1. The minimum atomic E-state index is -0.375. The highest BCUT2D eigenvalue weighted by atomic mass is 19.1. The molecule has 2 aromatic heterocycles. The first kappa shape index (κ1) is 20.8. The summed E-state index contributed by atoms with van der Waals surface area (Å²) in [4.78, 5) is 16.9. The first-order chi connectivity index (χ1) is 16.0. The molecule has 0 saturated heterocycles. The van der Waals surface area contributed by atoms with Gasteiger partial charge in [0.2, 0.25) is 0 Å². The van der Waals surface area contributed by atoms with Gasteiger partial charge in [-0.1, -0.05) is 24.3 Å². The summed E-state index contributed by atoms with van der Waals surface area (Å²) in [7, 11) is 0. The van der Waals surface area contributed by atoms with E-state index in [1.54, 1.807) is 41.1 Å². The summed E-state index contributed by atoms with van der Waals surface area (Å²) in [6, 6.07) is 16.5. The second-order valence-electron chi connectivity index (χ2n) is 8.28. The normalized spacial score (nSPS) is 17.4. The number of amides is 1. The highest BCUT2D eigenvalue weighted by Gasteiger charge is 2.36. The van der Waals surface area contributed by atoms with Gasteiger partial charge in [0.25, 0.3) is 5.91 Å². The number of benzene rings is 2. The van der Waals surface area contributed by atoms with Crippen LogP contribution in [-0.4, -0.2) is 36.8 Å². The van der Waals surface area contributed by atoms with E-state index >= 15 is 0 Å². The van der Waals surface area contributed by atoms with Gasteiger partial charge in [0.15, 0.2) is 5.82 Å². The Morgan fingerprint density at radius 2 is 1.91 bits per heavy atom. The van der Waals surface area contributed by atoms with Crippen molar-refractivity contribution in [3.63, 3.8) is 0 Å². The number of phenolic OH excluding ortho intramolecular Hbond substituents is 1. The number of pyridine rings is 1. The molecule has 2 aromatic carbocycles. The fourth-order valence-electron chi connectivity index (χ4n) is 4.06. The summed E-state index contributed by atoms with van der Waals surface area (Å²) >= 11 is 0. The summed E-state index contributed by atoms with van der Waals surface area (Å²) in [5.41, 5.74) is 2.39. The van der Waals surface area contributed by atoms with Crippen molar-refractivity contribution in [2.75, 3.05) is 0 Å². The first-order valence-corrected chi connectivity index (χ1v) is 10.7. The Labute approximate surface area is 190 Å². The number of rotatable bonds is 5. The van der Waals surface area contributed by atoms with Crippen LogP contribution in [0.1, 0.15) is 40.5 Å². The summed E-state index contributed by atoms with van der Waals surface area (Å²) < 4.78 is 16.5. The number of carbonyl (C=O) groups is 1. The Morgan fingerprint density at radius 1 is 1.09 bits per heavy atom. The second-order valence-corrected chi connectivity index (χ2v) is 8.28. The summed E-state index contributed by atoms with van der Waals surface area (Å²) in [5.74, 6) is 0.548.